The van der Waals surface area contributed by atoms with Crippen LogP contribution in [0.4, 0.5) is 0 Å². The molecule has 0 amide bonds. The fourth-order valence-electron chi connectivity index (χ4n) is 1.69. The molecule has 0 aliphatic carbocycles. The third-order valence-corrected chi connectivity index (χ3v) is 3.04. The van der Waals surface area contributed by atoms with Gasteiger partial charge in [0.25, 0.3) is 0 Å². The van der Waals surface area contributed by atoms with E-state index in [4.69, 9.17) is 16.3 Å². The van der Waals surface area contributed by atoms with Crippen LogP contribution in [0.2, 0.25) is 5.02 Å². The summed E-state index contributed by atoms with van der Waals surface area (Å²) >= 11 is 6.20. The number of halogens is 1. The zero-order valence-electron chi connectivity index (χ0n) is 11.6. The molecule has 0 heterocycles. The van der Waals surface area contributed by atoms with E-state index < -0.39 is 0 Å². The van der Waals surface area contributed by atoms with E-state index in [1.54, 1.807) is 0 Å². The Bertz CT molecular complexity index is 352. The molecule has 0 bridgehead atoms. The first-order chi connectivity index (χ1) is 8.65. The minimum absolute atomic E-state index is 0.455. The molecule has 0 spiro atoms. The van der Waals surface area contributed by atoms with Crippen molar-refractivity contribution in [3.8, 4) is 5.75 Å². The highest BCUT2D eigenvalue weighted by Crippen LogP contribution is 2.28. The second kappa shape index (κ2) is 8.39. The quantitative estimate of drug-likeness (QED) is 0.706. The zero-order valence-corrected chi connectivity index (χ0v) is 12.4. The van der Waals surface area contributed by atoms with Crippen LogP contribution < -0.4 is 10.1 Å². The van der Waals surface area contributed by atoms with Gasteiger partial charge in [0.2, 0.25) is 0 Å². The van der Waals surface area contributed by atoms with Gasteiger partial charge in [-0.1, -0.05) is 57.3 Å². The van der Waals surface area contributed by atoms with Gasteiger partial charge < -0.3 is 10.1 Å². The first-order valence-corrected chi connectivity index (χ1v) is 7.16. The summed E-state index contributed by atoms with van der Waals surface area (Å²) in [5.41, 5.74) is 1.13. The summed E-state index contributed by atoms with van der Waals surface area (Å²) < 4.78 is 5.83. The Labute approximate surface area is 116 Å². The average Bonchev–Trinajstić information content (AvgIpc) is 2.34. The van der Waals surface area contributed by atoms with Gasteiger partial charge in [-0.2, -0.15) is 0 Å². The lowest BCUT2D eigenvalue weighted by molar-refractivity contribution is 0.302. The molecule has 0 radical (unpaired) electrons. The molecule has 0 saturated heterocycles. The van der Waals surface area contributed by atoms with Crippen molar-refractivity contribution in [1.82, 2.24) is 5.32 Å². The number of hydrogen-bond acceptors (Lipinski definition) is 2. The SMILES string of the molecule is CCCCCOc1c(Cl)cccc1CNC(C)C. The molecule has 0 unspecified atom stereocenters. The molecule has 1 aromatic rings. The predicted octanol–water partition coefficient (Wildman–Crippen LogP) is 4.41. The molecule has 0 fully saturated rings. The van der Waals surface area contributed by atoms with Gasteiger partial charge in [0.1, 0.15) is 5.75 Å². The summed E-state index contributed by atoms with van der Waals surface area (Å²) in [6.45, 7) is 7.99. The predicted molar refractivity (Wildman–Crippen MR) is 78.4 cm³/mol. The highest BCUT2D eigenvalue weighted by atomic mass is 35.5. The Balaban J connectivity index is 2.62. The zero-order chi connectivity index (χ0) is 13.4. The van der Waals surface area contributed by atoms with Gasteiger partial charge >= 0.3 is 0 Å². The topological polar surface area (TPSA) is 21.3 Å². The first kappa shape index (κ1) is 15.3. The third kappa shape index (κ3) is 5.28. The monoisotopic (exact) mass is 269 g/mol. The van der Waals surface area contributed by atoms with Crippen molar-refractivity contribution in [2.24, 2.45) is 0 Å². The van der Waals surface area contributed by atoms with Gasteiger partial charge in [-0.25, -0.2) is 0 Å². The van der Waals surface area contributed by atoms with Crippen molar-refractivity contribution < 1.29 is 4.74 Å². The van der Waals surface area contributed by atoms with E-state index in [0.717, 1.165) is 30.9 Å². The molecular formula is C15H24ClNO. The smallest absolute Gasteiger partial charge is 0.142 e. The average molecular weight is 270 g/mol. The number of rotatable bonds is 8. The van der Waals surface area contributed by atoms with Crippen LogP contribution in [0.1, 0.15) is 45.6 Å². The first-order valence-electron chi connectivity index (χ1n) is 6.78. The second-order valence-electron chi connectivity index (χ2n) is 4.82. The largest absolute Gasteiger partial charge is 0.492 e. The lowest BCUT2D eigenvalue weighted by Gasteiger charge is -2.15. The minimum Gasteiger partial charge on any atom is -0.492 e. The van der Waals surface area contributed by atoms with Gasteiger partial charge in [-0.3, -0.25) is 0 Å². The molecule has 0 aliphatic heterocycles. The van der Waals surface area contributed by atoms with Crippen LogP contribution >= 0.6 is 11.6 Å². The number of hydrogen-bond donors (Lipinski definition) is 1. The summed E-state index contributed by atoms with van der Waals surface area (Å²) in [7, 11) is 0. The van der Waals surface area contributed by atoms with Gasteiger partial charge in [0, 0.05) is 18.2 Å². The van der Waals surface area contributed by atoms with E-state index in [2.05, 4.69) is 32.2 Å². The van der Waals surface area contributed by atoms with Crippen LogP contribution in [-0.4, -0.2) is 12.6 Å². The summed E-state index contributed by atoms with van der Waals surface area (Å²) in [6.07, 6.45) is 3.48. The van der Waals surface area contributed by atoms with E-state index in [1.807, 2.05) is 12.1 Å². The molecule has 0 atom stereocenters. The van der Waals surface area contributed by atoms with Crippen LogP contribution in [0, 0.1) is 0 Å². The van der Waals surface area contributed by atoms with Crippen molar-refractivity contribution >= 4 is 11.6 Å². The maximum Gasteiger partial charge on any atom is 0.142 e. The van der Waals surface area contributed by atoms with E-state index >= 15 is 0 Å². The van der Waals surface area contributed by atoms with Crippen LogP contribution in [0.3, 0.4) is 0 Å². The van der Waals surface area contributed by atoms with Crippen LogP contribution in [0.5, 0.6) is 5.75 Å². The summed E-state index contributed by atoms with van der Waals surface area (Å²) in [6, 6.07) is 6.38. The van der Waals surface area contributed by atoms with Crippen LogP contribution in [-0.2, 0) is 6.54 Å². The van der Waals surface area contributed by atoms with Gasteiger partial charge in [-0.05, 0) is 12.5 Å². The Morgan fingerprint density at radius 3 is 2.72 bits per heavy atom. The molecule has 3 heteroatoms. The third-order valence-electron chi connectivity index (χ3n) is 2.74. The molecule has 2 nitrogen and oxygen atoms in total. The maximum atomic E-state index is 6.20. The van der Waals surface area contributed by atoms with Gasteiger partial charge in [0.15, 0.2) is 0 Å². The number of ether oxygens (including phenoxy) is 1. The minimum atomic E-state index is 0.455. The second-order valence-corrected chi connectivity index (χ2v) is 5.23. The molecule has 0 saturated carbocycles. The number of para-hydroxylation sites is 1. The van der Waals surface area contributed by atoms with Crippen LogP contribution in [0.15, 0.2) is 18.2 Å². The Kier molecular flexibility index (Phi) is 7.14. The van der Waals surface area contributed by atoms with E-state index in [-0.39, 0.29) is 0 Å². The fourth-order valence-corrected chi connectivity index (χ4v) is 1.94. The van der Waals surface area contributed by atoms with Gasteiger partial charge in [-0.15, -0.1) is 0 Å². The summed E-state index contributed by atoms with van der Waals surface area (Å²) in [5.74, 6) is 0.836. The number of unbranched alkanes of at least 4 members (excludes halogenated alkanes) is 2. The molecular weight excluding hydrogens is 246 g/mol. The number of benzene rings is 1. The number of nitrogens with one attached hydrogen (secondary N) is 1. The lowest BCUT2D eigenvalue weighted by Crippen LogP contribution is -2.22. The molecule has 0 aromatic heterocycles. The van der Waals surface area contributed by atoms with Crippen molar-refractivity contribution in [2.75, 3.05) is 6.61 Å². The molecule has 18 heavy (non-hydrogen) atoms. The van der Waals surface area contributed by atoms with E-state index in [9.17, 15) is 0 Å². The molecule has 1 aromatic carbocycles. The summed E-state index contributed by atoms with van der Waals surface area (Å²) in [4.78, 5) is 0. The highest BCUT2D eigenvalue weighted by molar-refractivity contribution is 6.32. The highest BCUT2D eigenvalue weighted by Gasteiger charge is 2.08. The Morgan fingerprint density at radius 1 is 1.28 bits per heavy atom. The Hall–Kier alpha value is -0.730. The van der Waals surface area contributed by atoms with E-state index in [0.29, 0.717) is 11.1 Å². The van der Waals surface area contributed by atoms with Crippen molar-refractivity contribution in [3.05, 3.63) is 28.8 Å². The standard InChI is InChI=1S/C15H24ClNO/c1-4-5-6-10-18-15-13(11-17-12(2)3)8-7-9-14(15)16/h7-9,12,17H,4-6,10-11H2,1-3H3. The molecule has 102 valence electrons. The van der Waals surface area contributed by atoms with Crippen molar-refractivity contribution in [3.63, 3.8) is 0 Å². The maximum absolute atomic E-state index is 6.20. The molecule has 1 rings (SSSR count). The van der Waals surface area contributed by atoms with Crippen LogP contribution in [0.25, 0.3) is 0 Å². The lowest BCUT2D eigenvalue weighted by atomic mass is 10.2. The van der Waals surface area contributed by atoms with E-state index in [1.165, 1.54) is 12.8 Å². The molecule has 0 aliphatic rings. The Morgan fingerprint density at radius 2 is 2.06 bits per heavy atom. The van der Waals surface area contributed by atoms with Gasteiger partial charge in [0.05, 0.1) is 11.6 Å². The molecule has 1 N–H and O–H groups in total. The van der Waals surface area contributed by atoms with Crippen molar-refractivity contribution in [1.29, 1.82) is 0 Å². The van der Waals surface area contributed by atoms with Crippen molar-refractivity contribution in [2.45, 2.75) is 52.6 Å². The normalized spacial score (nSPS) is 10.9. The fraction of sp³-hybridized carbons (Fsp3) is 0.600. The summed E-state index contributed by atoms with van der Waals surface area (Å²) in [5, 5.41) is 4.10.